The second kappa shape index (κ2) is 5.32. The predicted octanol–water partition coefficient (Wildman–Crippen LogP) is 3.21. The molecule has 0 saturated heterocycles. The topological polar surface area (TPSA) is 51.3 Å². The first-order chi connectivity index (χ1) is 10.2. The maximum Gasteiger partial charge on any atom is 0.200 e. The summed E-state index contributed by atoms with van der Waals surface area (Å²) in [5.74, 6) is 1.33. The number of rotatable bonds is 3. The summed E-state index contributed by atoms with van der Waals surface area (Å²) in [6.45, 7) is 0. The van der Waals surface area contributed by atoms with Crippen LogP contribution in [0.15, 0.2) is 53.5 Å². The number of hydrogen-bond donors (Lipinski definition) is 1. The average molecular weight is 281 g/mol. The fourth-order valence-electron chi connectivity index (χ4n) is 2.39. The van der Waals surface area contributed by atoms with Gasteiger partial charge in [0.25, 0.3) is 0 Å². The Hall–Kier alpha value is -2.75. The first-order valence-corrected chi connectivity index (χ1v) is 6.57. The molecule has 0 saturated carbocycles. The zero-order chi connectivity index (χ0) is 14.8. The Morgan fingerprint density at radius 2 is 1.71 bits per heavy atom. The van der Waals surface area contributed by atoms with Crippen LogP contribution in [0.3, 0.4) is 0 Å². The standard InChI is InChI=1S/C17H15NO3/c1-20-12-8-6-11(7-9-12)13-10-18-14-4-3-5-15(21-2)16(14)17(13)19/h3-10H,1-2H3,(H,18,19). The first kappa shape index (κ1) is 13.2. The lowest BCUT2D eigenvalue weighted by Crippen LogP contribution is -2.07. The number of fused-ring (bicyclic) bond motifs is 1. The van der Waals surface area contributed by atoms with E-state index in [2.05, 4.69) is 4.98 Å². The summed E-state index contributed by atoms with van der Waals surface area (Å²) in [5.41, 5.74) is 2.16. The van der Waals surface area contributed by atoms with Gasteiger partial charge in [0.2, 0.25) is 5.43 Å². The number of pyridine rings is 1. The molecule has 0 amide bonds. The molecule has 0 bridgehead atoms. The van der Waals surface area contributed by atoms with Crippen LogP contribution in [0.4, 0.5) is 0 Å². The highest BCUT2D eigenvalue weighted by molar-refractivity contribution is 5.88. The fraction of sp³-hybridized carbons (Fsp3) is 0.118. The summed E-state index contributed by atoms with van der Waals surface area (Å²) in [6.07, 6.45) is 1.73. The van der Waals surface area contributed by atoms with Crippen molar-refractivity contribution in [1.82, 2.24) is 4.98 Å². The lowest BCUT2D eigenvalue weighted by Gasteiger charge is -2.08. The summed E-state index contributed by atoms with van der Waals surface area (Å²) >= 11 is 0. The van der Waals surface area contributed by atoms with E-state index >= 15 is 0 Å². The molecule has 4 nitrogen and oxygen atoms in total. The molecule has 0 aliphatic carbocycles. The Labute approximate surface area is 122 Å². The normalized spacial score (nSPS) is 10.6. The van der Waals surface area contributed by atoms with Crippen LogP contribution in [0.5, 0.6) is 11.5 Å². The Balaban J connectivity index is 2.23. The maximum absolute atomic E-state index is 12.7. The zero-order valence-electron chi connectivity index (χ0n) is 11.8. The molecule has 1 heterocycles. The molecule has 1 N–H and O–H groups in total. The van der Waals surface area contributed by atoms with E-state index in [1.807, 2.05) is 36.4 Å². The smallest absolute Gasteiger partial charge is 0.200 e. The van der Waals surface area contributed by atoms with Crippen molar-refractivity contribution in [3.05, 3.63) is 58.9 Å². The molecule has 3 aromatic rings. The molecule has 0 aliphatic heterocycles. The maximum atomic E-state index is 12.7. The van der Waals surface area contributed by atoms with E-state index in [1.54, 1.807) is 26.5 Å². The summed E-state index contributed by atoms with van der Waals surface area (Å²) < 4.78 is 10.4. The Morgan fingerprint density at radius 3 is 2.38 bits per heavy atom. The Bertz CT molecular complexity index is 835. The van der Waals surface area contributed by atoms with E-state index < -0.39 is 0 Å². The van der Waals surface area contributed by atoms with Crippen molar-refractivity contribution in [2.45, 2.75) is 0 Å². The van der Waals surface area contributed by atoms with Crippen LogP contribution in [0, 0.1) is 0 Å². The Kier molecular flexibility index (Phi) is 3.36. The number of aromatic nitrogens is 1. The van der Waals surface area contributed by atoms with E-state index in [0.29, 0.717) is 16.7 Å². The lowest BCUT2D eigenvalue weighted by molar-refractivity contribution is 0.415. The minimum Gasteiger partial charge on any atom is -0.497 e. The van der Waals surface area contributed by atoms with Gasteiger partial charge in [-0.25, -0.2) is 0 Å². The van der Waals surface area contributed by atoms with Crippen LogP contribution in [0.1, 0.15) is 0 Å². The van der Waals surface area contributed by atoms with Crippen LogP contribution in [0.25, 0.3) is 22.0 Å². The van der Waals surface area contributed by atoms with Crippen LogP contribution < -0.4 is 14.9 Å². The zero-order valence-corrected chi connectivity index (χ0v) is 11.8. The van der Waals surface area contributed by atoms with E-state index in [0.717, 1.165) is 16.8 Å². The van der Waals surface area contributed by atoms with Gasteiger partial charge < -0.3 is 14.5 Å². The average Bonchev–Trinajstić information content (AvgIpc) is 2.55. The summed E-state index contributed by atoms with van der Waals surface area (Å²) in [5, 5.41) is 0.563. The van der Waals surface area contributed by atoms with Gasteiger partial charge in [-0.05, 0) is 29.8 Å². The number of ether oxygens (including phenoxy) is 2. The first-order valence-electron chi connectivity index (χ1n) is 6.57. The van der Waals surface area contributed by atoms with Gasteiger partial charge in [0, 0.05) is 11.8 Å². The molecular weight excluding hydrogens is 266 g/mol. The molecule has 21 heavy (non-hydrogen) atoms. The van der Waals surface area contributed by atoms with Gasteiger partial charge in [0.1, 0.15) is 11.5 Å². The summed E-state index contributed by atoms with van der Waals surface area (Å²) in [7, 11) is 3.18. The quantitative estimate of drug-likeness (QED) is 0.802. The molecular formula is C17H15NO3. The number of benzene rings is 2. The number of hydrogen-bond acceptors (Lipinski definition) is 3. The monoisotopic (exact) mass is 281 g/mol. The van der Waals surface area contributed by atoms with Gasteiger partial charge >= 0.3 is 0 Å². The molecule has 1 aromatic heterocycles. The molecule has 4 heteroatoms. The van der Waals surface area contributed by atoms with E-state index in [9.17, 15) is 4.79 Å². The van der Waals surface area contributed by atoms with Crippen molar-refractivity contribution in [3.63, 3.8) is 0 Å². The van der Waals surface area contributed by atoms with Crippen molar-refractivity contribution >= 4 is 10.9 Å². The molecule has 0 unspecified atom stereocenters. The molecule has 2 aromatic carbocycles. The third kappa shape index (κ3) is 2.25. The number of nitrogens with one attached hydrogen (secondary N) is 1. The fourth-order valence-corrected chi connectivity index (χ4v) is 2.39. The minimum atomic E-state index is -0.0497. The largest absolute Gasteiger partial charge is 0.497 e. The van der Waals surface area contributed by atoms with Gasteiger partial charge in [-0.1, -0.05) is 18.2 Å². The van der Waals surface area contributed by atoms with Crippen molar-refractivity contribution in [1.29, 1.82) is 0 Å². The highest BCUT2D eigenvalue weighted by atomic mass is 16.5. The highest BCUT2D eigenvalue weighted by Crippen LogP contribution is 2.25. The highest BCUT2D eigenvalue weighted by Gasteiger charge is 2.11. The van der Waals surface area contributed by atoms with Crippen molar-refractivity contribution < 1.29 is 9.47 Å². The number of aromatic amines is 1. The SMILES string of the molecule is COc1ccc(-c2c[nH]c3cccc(OC)c3c2=O)cc1. The van der Waals surface area contributed by atoms with Gasteiger partial charge in [-0.15, -0.1) is 0 Å². The molecule has 0 atom stereocenters. The molecule has 0 spiro atoms. The predicted molar refractivity (Wildman–Crippen MR) is 83.1 cm³/mol. The second-order valence-electron chi connectivity index (χ2n) is 4.64. The van der Waals surface area contributed by atoms with Crippen LogP contribution in [-0.2, 0) is 0 Å². The number of methoxy groups -OCH3 is 2. The molecule has 0 radical (unpaired) electrons. The third-order valence-corrected chi connectivity index (χ3v) is 3.49. The van der Waals surface area contributed by atoms with Crippen LogP contribution in [-0.4, -0.2) is 19.2 Å². The van der Waals surface area contributed by atoms with Gasteiger partial charge in [0.15, 0.2) is 0 Å². The molecule has 3 rings (SSSR count). The van der Waals surface area contributed by atoms with Crippen LogP contribution in [0.2, 0.25) is 0 Å². The van der Waals surface area contributed by atoms with E-state index in [-0.39, 0.29) is 5.43 Å². The number of H-pyrrole nitrogens is 1. The molecule has 0 aliphatic rings. The van der Waals surface area contributed by atoms with E-state index in [1.165, 1.54) is 0 Å². The molecule has 0 fully saturated rings. The van der Waals surface area contributed by atoms with Crippen LogP contribution >= 0.6 is 0 Å². The summed E-state index contributed by atoms with van der Waals surface area (Å²) in [6, 6.07) is 12.9. The lowest BCUT2D eigenvalue weighted by atomic mass is 10.0. The minimum absolute atomic E-state index is 0.0497. The Morgan fingerprint density at radius 1 is 0.952 bits per heavy atom. The van der Waals surface area contributed by atoms with Gasteiger partial charge in [0.05, 0.1) is 25.1 Å². The second-order valence-corrected chi connectivity index (χ2v) is 4.64. The van der Waals surface area contributed by atoms with Crippen molar-refractivity contribution in [3.8, 4) is 22.6 Å². The van der Waals surface area contributed by atoms with Gasteiger partial charge in [-0.2, -0.15) is 0 Å². The molecule has 106 valence electrons. The van der Waals surface area contributed by atoms with Crippen molar-refractivity contribution in [2.24, 2.45) is 0 Å². The van der Waals surface area contributed by atoms with E-state index in [4.69, 9.17) is 9.47 Å². The third-order valence-electron chi connectivity index (χ3n) is 3.49. The summed E-state index contributed by atoms with van der Waals surface area (Å²) in [4.78, 5) is 15.9. The van der Waals surface area contributed by atoms with Gasteiger partial charge in [-0.3, -0.25) is 4.79 Å². The van der Waals surface area contributed by atoms with Crippen molar-refractivity contribution in [2.75, 3.05) is 14.2 Å².